The Balaban J connectivity index is 0.00000220. The fraction of sp³-hybridized carbons (Fsp3) is 0.938. The zero-order valence-electron chi connectivity index (χ0n) is 13.9. The van der Waals surface area contributed by atoms with Crippen LogP contribution in [0.15, 0.2) is 4.99 Å². The number of likely N-dealkylation sites (tertiary alicyclic amines) is 1. The van der Waals surface area contributed by atoms with Gasteiger partial charge in [0.15, 0.2) is 5.96 Å². The van der Waals surface area contributed by atoms with Crippen molar-refractivity contribution >= 4 is 29.9 Å². The van der Waals surface area contributed by atoms with Crippen LogP contribution >= 0.6 is 24.0 Å². The fourth-order valence-electron chi connectivity index (χ4n) is 3.27. The van der Waals surface area contributed by atoms with Gasteiger partial charge in [0, 0.05) is 33.2 Å². The molecule has 1 saturated heterocycles. The lowest BCUT2D eigenvalue weighted by Crippen LogP contribution is -2.42. The lowest BCUT2D eigenvalue weighted by Gasteiger charge is -2.35. The molecule has 2 atom stereocenters. The average molecular weight is 408 g/mol. The summed E-state index contributed by atoms with van der Waals surface area (Å²) in [4.78, 5) is 6.90. The Labute approximate surface area is 147 Å². The number of halogens is 1. The van der Waals surface area contributed by atoms with Crippen LogP contribution in [0.4, 0.5) is 0 Å². The summed E-state index contributed by atoms with van der Waals surface area (Å²) in [6.07, 6.45) is 5.36. The highest BCUT2D eigenvalue weighted by atomic mass is 127. The molecule has 1 aliphatic heterocycles. The SMILES string of the molecule is CN=C(NCCCN1CC(C)CC(C)C1)NCC1CC1.I. The Morgan fingerprint density at radius 2 is 1.81 bits per heavy atom. The third-order valence-corrected chi connectivity index (χ3v) is 4.37. The molecule has 1 heterocycles. The minimum Gasteiger partial charge on any atom is -0.356 e. The molecule has 1 saturated carbocycles. The van der Waals surface area contributed by atoms with E-state index in [1.807, 2.05) is 7.05 Å². The molecule has 2 N–H and O–H groups in total. The first-order valence-corrected chi connectivity index (χ1v) is 8.34. The summed E-state index contributed by atoms with van der Waals surface area (Å²) in [5.41, 5.74) is 0. The van der Waals surface area contributed by atoms with Crippen molar-refractivity contribution in [3.8, 4) is 0 Å². The first-order valence-electron chi connectivity index (χ1n) is 8.34. The van der Waals surface area contributed by atoms with Crippen LogP contribution < -0.4 is 10.6 Å². The number of aliphatic imine (C=N–C) groups is 1. The molecule has 0 aromatic heterocycles. The van der Waals surface area contributed by atoms with Gasteiger partial charge in [0.25, 0.3) is 0 Å². The number of rotatable bonds is 6. The summed E-state index contributed by atoms with van der Waals surface area (Å²) in [7, 11) is 1.86. The summed E-state index contributed by atoms with van der Waals surface area (Å²) in [5.74, 6) is 3.58. The van der Waals surface area contributed by atoms with E-state index < -0.39 is 0 Å². The molecule has 0 bridgehead atoms. The van der Waals surface area contributed by atoms with Crippen molar-refractivity contribution in [1.29, 1.82) is 0 Å². The minimum absolute atomic E-state index is 0. The van der Waals surface area contributed by atoms with Gasteiger partial charge in [0.2, 0.25) is 0 Å². The largest absolute Gasteiger partial charge is 0.356 e. The van der Waals surface area contributed by atoms with E-state index in [0.29, 0.717) is 0 Å². The Kier molecular flexibility index (Phi) is 8.94. The van der Waals surface area contributed by atoms with E-state index in [-0.39, 0.29) is 24.0 Å². The van der Waals surface area contributed by atoms with E-state index in [9.17, 15) is 0 Å². The maximum Gasteiger partial charge on any atom is 0.190 e. The van der Waals surface area contributed by atoms with E-state index in [1.165, 1.54) is 45.3 Å². The minimum atomic E-state index is 0. The standard InChI is InChI=1S/C16H32N4.HI/c1-13-9-14(2)12-20(11-13)8-4-7-18-16(17-3)19-10-15-5-6-15;/h13-15H,4-12H2,1-3H3,(H2,17,18,19);1H. The Morgan fingerprint density at radius 3 is 2.38 bits per heavy atom. The van der Waals surface area contributed by atoms with Crippen molar-refractivity contribution in [1.82, 2.24) is 15.5 Å². The van der Waals surface area contributed by atoms with E-state index in [1.54, 1.807) is 0 Å². The van der Waals surface area contributed by atoms with E-state index in [4.69, 9.17) is 0 Å². The molecule has 0 spiro atoms. The molecule has 5 heteroatoms. The molecule has 0 aromatic carbocycles. The molecule has 21 heavy (non-hydrogen) atoms. The maximum atomic E-state index is 4.28. The molecule has 0 radical (unpaired) electrons. The van der Waals surface area contributed by atoms with Crippen molar-refractivity contribution < 1.29 is 0 Å². The highest BCUT2D eigenvalue weighted by Crippen LogP contribution is 2.27. The molecule has 2 rings (SSSR count). The van der Waals surface area contributed by atoms with Gasteiger partial charge in [-0.1, -0.05) is 13.8 Å². The normalized spacial score (nSPS) is 27.1. The van der Waals surface area contributed by atoms with Crippen molar-refractivity contribution in [2.24, 2.45) is 22.7 Å². The lowest BCUT2D eigenvalue weighted by molar-refractivity contribution is 0.140. The first-order chi connectivity index (χ1) is 9.67. The summed E-state index contributed by atoms with van der Waals surface area (Å²) < 4.78 is 0. The van der Waals surface area contributed by atoms with Gasteiger partial charge in [0.1, 0.15) is 0 Å². The quantitative estimate of drug-likeness (QED) is 0.307. The van der Waals surface area contributed by atoms with Gasteiger partial charge >= 0.3 is 0 Å². The Hall–Kier alpha value is -0.0400. The second kappa shape index (κ2) is 9.87. The lowest BCUT2D eigenvalue weighted by atomic mass is 9.92. The average Bonchev–Trinajstić information content (AvgIpc) is 3.21. The molecule has 1 aliphatic carbocycles. The number of nitrogens with one attached hydrogen (secondary N) is 2. The molecular weight excluding hydrogens is 375 g/mol. The van der Waals surface area contributed by atoms with Crippen molar-refractivity contribution in [3.05, 3.63) is 0 Å². The third kappa shape index (κ3) is 7.68. The number of guanidine groups is 1. The van der Waals surface area contributed by atoms with Gasteiger partial charge in [-0.15, -0.1) is 24.0 Å². The zero-order chi connectivity index (χ0) is 14.4. The highest BCUT2D eigenvalue weighted by molar-refractivity contribution is 14.0. The van der Waals surface area contributed by atoms with Crippen molar-refractivity contribution in [2.75, 3.05) is 39.8 Å². The van der Waals surface area contributed by atoms with Crippen LogP contribution in [0.5, 0.6) is 0 Å². The number of hydrogen-bond acceptors (Lipinski definition) is 2. The molecule has 2 unspecified atom stereocenters. The summed E-state index contributed by atoms with van der Waals surface area (Å²) in [6.45, 7) is 10.6. The predicted octanol–water partition coefficient (Wildman–Crippen LogP) is 2.55. The third-order valence-electron chi connectivity index (χ3n) is 4.37. The predicted molar refractivity (Wildman–Crippen MR) is 102 cm³/mol. The van der Waals surface area contributed by atoms with Crippen molar-refractivity contribution in [2.45, 2.75) is 39.5 Å². The molecule has 2 fully saturated rings. The zero-order valence-corrected chi connectivity index (χ0v) is 16.2. The van der Waals surface area contributed by atoms with Crippen LogP contribution in [-0.2, 0) is 0 Å². The number of piperidine rings is 1. The van der Waals surface area contributed by atoms with Gasteiger partial charge < -0.3 is 15.5 Å². The van der Waals surface area contributed by atoms with Crippen LogP contribution in [-0.4, -0.2) is 50.6 Å². The summed E-state index contributed by atoms with van der Waals surface area (Å²) in [5, 5.41) is 6.84. The van der Waals surface area contributed by atoms with Crippen LogP contribution in [0.1, 0.15) is 39.5 Å². The Morgan fingerprint density at radius 1 is 1.14 bits per heavy atom. The highest BCUT2D eigenvalue weighted by Gasteiger charge is 2.22. The summed E-state index contributed by atoms with van der Waals surface area (Å²) in [6, 6.07) is 0. The van der Waals surface area contributed by atoms with Crippen LogP contribution in [0.3, 0.4) is 0 Å². The van der Waals surface area contributed by atoms with Gasteiger partial charge in [-0.2, -0.15) is 0 Å². The van der Waals surface area contributed by atoms with E-state index in [0.717, 1.165) is 36.8 Å². The molecule has 2 aliphatic rings. The molecule has 0 aromatic rings. The first kappa shape index (κ1) is 19.0. The molecule has 0 amide bonds. The van der Waals surface area contributed by atoms with E-state index >= 15 is 0 Å². The fourth-order valence-corrected chi connectivity index (χ4v) is 3.27. The molecular formula is C16H33IN4. The number of hydrogen-bond donors (Lipinski definition) is 2. The molecule has 4 nitrogen and oxygen atoms in total. The number of nitrogens with zero attached hydrogens (tertiary/aromatic N) is 2. The van der Waals surface area contributed by atoms with Gasteiger partial charge in [-0.05, 0) is 50.0 Å². The van der Waals surface area contributed by atoms with Crippen molar-refractivity contribution in [3.63, 3.8) is 0 Å². The van der Waals surface area contributed by atoms with Crippen LogP contribution in [0.25, 0.3) is 0 Å². The Bertz CT molecular complexity index is 307. The second-order valence-corrected chi connectivity index (χ2v) is 6.88. The van der Waals surface area contributed by atoms with Crippen LogP contribution in [0.2, 0.25) is 0 Å². The summed E-state index contributed by atoms with van der Waals surface area (Å²) >= 11 is 0. The van der Waals surface area contributed by atoms with E-state index in [2.05, 4.69) is 34.4 Å². The topological polar surface area (TPSA) is 39.7 Å². The van der Waals surface area contributed by atoms with Gasteiger partial charge in [0.05, 0.1) is 0 Å². The second-order valence-electron chi connectivity index (χ2n) is 6.88. The maximum absolute atomic E-state index is 4.28. The monoisotopic (exact) mass is 408 g/mol. The van der Waals surface area contributed by atoms with Gasteiger partial charge in [-0.3, -0.25) is 4.99 Å². The molecule has 124 valence electrons. The van der Waals surface area contributed by atoms with Gasteiger partial charge in [-0.25, -0.2) is 0 Å². The van der Waals surface area contributed by atoms with Crippen LogP contribution in [0, 0.1) is 17.8 Å². The smallest absolute Gasteiger partial charge is 0.190 e.